The van der Waals surface area contributed by atoms with Crippen molar-refractivity contribution < 1.29 is 33.8 Å². The number of aromatic hydroxyl groups is 1. The van der Waals surface area contributed by atoms with Gasteiger partial charge < -0.3 is 30.2 Å². The molecule has 6 aliphatic rings. The average Bonchev–Trinajstić information content (AvgIpc) is 4.13. The summed E-state index contributed by atoms with van der Waals surface area (Å²) in [5, 5.41) is 42.6. The van der Waals surface area contributed by atoms with E-state index in [0.717, 1.165) is 98.0 Å². The predicted molar refractivity (Wildman–Crippen MR) is 274 cm³/mol. The van der Waals surface area contributed by atoms with Gasteiger partial charge in [-0.05, 0) is 132 Å². The van der Waals surface area contributed by atoms with E-state index in [0.29, 0.717) is 59.1 Å². The van der Waals surface area contributed by atoms with Gasteiger partial charge in [0.15, 0.2) is 5.65 Å². The van der Waals surface area contributed by atoms with E-state index in [1.807, 2.05) is 39.2 Å². The lowest BCUT2D eigenvalue weighted by atomic mass is 10.1. The van der Waals surface area contributed by atoms with Gasteiger partial charge in [-0.2, -0.15) is 39.9 Å². The van der Waals surface area contributed by atoms with Crippen molar-refractivity contribution in [2.75, 3.05) is 17.7 Å². The van der Waals surface area contributed by atoms with Gasteiger partial charge in [0.25, 0.3) is 5.56 Å². The summed E-state index contributed by atoms with van der Waals surface area (Å²) >= 11 is 15.2. The normalized spacial score (nSPS) is 15.9. The number of alkyl halides is 1. The first-order chi connectivity index (χ1) is 34.8. The Kier molecular flexibility index (Phi) is 27.6. The Morgan fingerprint density at radius 1 is 0.889 bits per heavy atom. The van der Waals surface area contributed by atoms with Crippen molar-refractivity contribution in [2.24, 2.45) is 23.7 Å². The van der Waals surface area contributed by atoms with E-state index in [4.69, 9.17) is 49.0 Å². The van der Waals surface area contributed by atoms with Crippen LogP contribution >= 0.6 is 39.1 Å². The highest BCUT2D eigenvalue weighted by Crippen LogP contribution is 2.43. The zero-order valence-corrected chi connectivity index (χ0v) is 44.2. The highest BCUT2D eigenvalue weighted by atomic mass is 79.9. The number of rotatable bonds is 12. The smallest absolute Gasteiger partial charge is 0.373 e. The molecule has 5 N–H and O–H groups in total. The number of aromatic nitrogens is 8. The number of ether oxygens (including phenoxy) is 1. The fourth-order valence-electron chi connectivity index (χ4n) is 6.29. The van der Waals surface area contributed by atoms with Crippen molar-refractivity contribution in [1.29, 1.82) is 10.5 Å². The number of nitrogen functional groups attached to an aromatic ring is 1. The minimum atomic E-state index is -0.310. The van der Waals surface area contributed by atoms with Crippen molar-refractivity contribution in [3.63, 3.8) is 0 Å². The van der Waals surface area contributed by atoms with Crippen molar-refractivity contribution in [2.45, 2.75) is 148 Å². The Morgan fingerprint density at radius 3 is 1.88 bits per heavy atom. The lowest BCUT2D eigenvalue weighted by Gasteiger charge is -1.98. The van der Waals surface area contributed by atoms with Crippen LogP contribution in [-0.4, -0.2) is 81.1 Å². The summed E-state index contributed by atoms with van der Waals surface area (Å²) in [6.07, 6.45) is 26.1. The number of carbonyl (C=O) groups excluding carboxylic acids is 5. The molecular weight excluding hydrogens is 1030 g/mol. The number of anilines is 1. The van der Waals surface area contributed by atoms with Gasteiger partial charge in [0, 0.05) is 47.3 Å². The molecule has 0 aromatic carbocycles. The zero-order chi connectivity index (χ0) is 53.0. The summed E-state index contributed by atoms with van der Waals surface area (Å²) in [6.45, 7) is 6.25. The predicted octanol–water partition coefficient (Wildman–Crippen LogP) is 9.98. The van der Waals surface area contributed by atoms with Gasteiger partial charge in [-0.25, -0.2) is 9.50 Å². The van der Waals surface area contributed by atoms with Crippen molar-refractivity contribution in [3.05, 3.63) is 68.1 Å². The Morgan fingerprint density at radius 2 is 1.47 bits per heavy atom. The van der Waals surface area contributed by atoms with Crippen LogP contribution in [0.2, 0.25) is 10.3 Å². The Hall–Kier alpha value is -5.92. The van der Waals surface area contributed by atoms with Gasteiger partial charge in [0.05, 0.1) is 43.4 Å². The Balaban J connectivity index is 0.000000222. The summed E-state index contributed by atoms with van der Waals surface area (Å²) < 4.78 is 7.63. The molecule has 19 nitrogen and oxygen atoms in total. The third-order valence-corrected chi connectivity index (χ3v) is 12.7. The number of nitriles is 2. The third-order valence-electron chi connectivity index (χ3n) is 11.3. The number of carbonyl (C=O) groups is 3. The Bertz CT molecular complexity index is 2600. The molecule has 11 rings (SSSR count). The quantitative estimate of drug-likeness (QED) is 0.0391. The van der Waals surface area contributed by atoms with Gasteiger partial charge in [-0.3, -0.25) is 14.7 Å². The highest BCUT2D eigenvalue weighted by Gasteiger charge is 2.31. The summed E-state index contributed by atoms with van der Waals surface area (Å²) in [5.41, 5.74) is 10.1. The summed E-state index contributed by atoms with van der Waals surface area (Å²) in [7, 11) is 0. The van der Waals surface area contributed by atoms with Gasteiger partial charge in [-0.1, -0.05) is 53.0 Å². The van der Waals surface area contributed by atoms with E-state index < -0.39 is 0 Å². The molecular formula is C50H66BrCl2N11O8. The maximum absolute atomic E-state index is 11.1. The van der Waals surface area contributed by atoms with Crippen LogP contribution < -0.4 is 11.3 Å². The SMILES string of the molecule is BrCC1CC1.CCCC(=O)OCC.CCCC=O.Clc1cc(Cl)n2ncc(C3CC3)c2n1.N#CC(C=O)C1CC1.N#CCC1CC1.Nc1[nH]ncc1C1CC1.O=C=O.O=c1cc(O)n2ncc(C3CC3)c2[nH]1. The number of hydrogen-bond donors (Lipinski definition) is 4. The molecule has 0 aliphatic heterocycles. The van der Waals surface area contributed by atoms with Crippen molar-refractivity contribution in [1.82, 2.24) is 39.4 Å². The molecule has 6 fully saturated rings. The van der Waals surface area contributed by atoms with Crippen LogP contribution in [0.4, 0.5) is 5.82 Å². The lowest BCUT2D eigenvalue weighted by molar-refractivity contribution is -0.191. The second-order valence-electron chi connectivity index (χ2n) is 17.8. The maximum atomic E-state index is 11.1. The number of aromatic amines is 2. The topological polar surface area (TPSA) is 297 Å². The van der Waals surface area contributed by atoms with Crippen LogP contribution in [0, 0.1) is 46.3 Å². The van der Waals surface area contributed by atoms with Crippen LogP contribution in [-0.2, 0) is 28.7 Å². The second kappa shape index (κ2) is 32.9. The molecule has 5 aromatic heterocycles. The minimum Gasteiger partial charge on any atom is -0.493 e. The zero-order valence-electron chi connectivity index (χ0n) is 41.1. The number of nitrogens with two attached hydrogens (primary N) is 1. The Labute approximate surface area is 437 Å². The number of nitrogens with one attached hydrogen (secondary N) is 2. The number of aldehydes is 2. The lowest BCUT2D eigenvalue weighted by Crippen LogP contribution is -2.07. The van der Waals surface area contributed by atoms with Crippen LogP contribution in [0.25, 0.3) is 11.3 Å². The largest absolute Gasteiger partial charge is 0.493 e. The molecule has 0 bridgehead atoms. The first kappa shape index (κ1) is 60.4. The highest BCUT2D eigenvalue weighted by molar-refractivity contribution is 9.09. The molecule has 390 valence electrons. The van der Waals surface area contributed by atoms with Crippen LogP contribution in [0.5, 0.6) is 5.88 Å². The van der Waals surface area contributed by atoms with Crippen LogP contribution in [0.15, 0.2) is 35.5 Å². The van der Waals surface area contributed by atoms with Gasteiger partial charge in [0.2, 0.25) is 5.88 Å². The fourth-order valence-corrected chi connectivity index (χ4v) is 7.40. The van der Waals surface area contributed by atoms with E-state index in [1.54, 1.807) is 16.8 Å². The number of fused-ring (bicyclic) bond motifs is 2. The number of H-pyrrole nitrogens is 2. The fraction of sp³-hybridized carbons (Fsp3) is 0.580. The maximum Gasteiger partial charge on any atom is 0.373 e. The molecule has 0 spiro atoms. The molecule has 6 aliphatic carbocycles. The molecule has 6 saturated carbocycles. The third kappa shape index (κ3) is 23.1. The monoisotopic (exact) mass is 1100 g/mol. The molecule has 5 aromatic rings. The molecule has 0 saturated heterocycles. The number of unbranched alkanes of at least 4 members (excludes halogenated alkanes) is 1. The van der Waals surface area contributed by atoms with Crippen molar-refractivity contribution in [3.8, 4) is 18.0 Å². The summed E-state index contributed by atoms with van der Waals surface area (Å²) in [5.74, 6) is 4.30. The molecule has 72 heavy (non-hydrogen) atoms. The van der Waals surface area contributed by atoms with Gasteiger partial charge in [-0.15, -0.1) is 0 Å². The summed E-state index contributed by atoms with van der Waals surface area (Å²) in [4.78, 5) is 64.1. The van der Waals surface area contributed by atoms with E-state index in [2.05, 4.69) is 57.1 Å². The van der Waals surface area contributed by atoms with E-state index >= 15 is 0 Å². The first-order valence-corrected chi connectivity index (χ1v) is 26.3. The standard InChI is InChI=1S/C9H7Cl2N3.C9H9N3O2.C6H9N3.C6H7NO.C6H12O2.C5H7N.C4H7Br.C4H8O.CO2/c10-7-3-8(11)14-9(13-7)6(4-12-14)5-1-2-5;13-7-3-8(14)12-9(11-7)6(4-10-12)5-1-2-5;7-6-5(3-8-9-6)4-1-2-4;7-3-6(4-8)5-1-2-5;1-3-5-6(7)8-4-2;6-4-3-5-1-2-5;5-3-4-1-2-4;1-2-3-4-5;2-1-3/h3-5H,1-2H2;3-5,14H,1-2H2,(H,11,13);3-4H,1-2H2,(H3,7,8,9);4-6H,1-2H2;3-5H2,1-2H3;5H,1-3H2;4H,1-3H2;4H,2-3H2,1H3;. The van der Waals surface area contributed by atoms with Crippen LogP contribution in [0.1, 0.15) is 164 Å². The van der Waals surface area contributed by atoms with Crippen LogP contribution in [0.3, 0.4) is 0 Å². The van der Waals surface area contributed by atoms with E-state index in [9.17, 15) is 24.3 Å². The number of nitrogens with zero attached hydrogens (tertiary/aromatic N) is 8. The molecule has 5 heterocycles. The van der Waals surface area contributed by atoms with Crippen molar-refractivity contribution >= 4 is 80.9 Å². The van der Waals surface area contributed by atoms with E-state index in [1.165, 1.54) is 66.8 Å². The van der Waals surface area contributed by atoms with E-state index in [-0.39, 0.29) is 29.5 Å². The number of hydrogen-bond acceptors (Lipinski definition) is 15. The van der Waals surface area contributed by atoms with Gasteiger partial charge >= 0.3 is 12.1 Å². The average molecular weight is 1100 g/mol. The minimum absolute atomic E-state index is 0.0880. The molecule has 0 amide bonds. The molecule has 1 atom stereocenters. The molecule has 0 radical (unpaired) electrons. The number of esters is 1. The second-order valence-corrected chi connectivity index (χ2v) is 19.2. The molecule has 22 heteroatoms. The number of halogens is 3. The van der Waals surface area contributed by atoms with Gasteiger partial charge in [0.1, 0.15) is 40.3 Å². The first-order valence-electron chi connectivity index (χ1n) is 24.4. The molecule has 1 unspecified atom stereocenters. The summed E-state index contributed by atoms with van der Waals surface area (Å²) in [6, 6.07) is 6.79.